The van der Waals surface area contributed by atoms with Gasteiger partial charge in [0.05, 0.1) is 0 Å². The van der Waals surface area contributed by atoms with E-state index in [4.69, 9.17) is 0 Å². The van der Waals surface area contributed by atoms with Gasteiger partial charge in [0.15, 0.2) is 0 Å². The predicted molar refractivity (Wildman–Crippen MR) is 69.2 cm³/mol. The molecule has 0 fully saturated rings. The van der Waals surface area contributed by atoms with Crippen molar-refractivity contribution in [2.75, 3.05) is 20.6 Å². The molecule has 1 aromatic carbocycles. The molecule has 0 unspecified atom stereocenters. The minimum atomic E-state index is 0.156. The second kappa shape index (κ2) is 6.66. The van der Waals surface area contributed by atoms with E-state index in [1.165, 1.54) is 5.56 Å². The van der Waals surface area contributed by atoms with Crippen molar-refractivity contribution >= 4 is 21.8 Å². The molecule has 0 aliphatic carbocycles. The minimum absolute atomic E-state index is 0.156. The van der Waals surface area contributed by atoms with E-state index in [1.54, 1.807) is 19.0 Å². The van der Waals surface area contributed by atoms with E-state index in [1.807, 2.05) is 12.1 Å². The fourth-order valence-electron chi connectivity index (χ4n) is 1.25. The number of rotatable bonds is 5. The zero-order valence-corrected chi connectivity index (χ0v) is 11.3. The Morgan fingerprint density at radius 1 is 1.31 bits per heavy atom. The van der Waals surface area contributed by atoms with Gasteiger partial charge in [-0.05, 0) is 17.7 Å². The first-order valence-electron chi connectivity index (χ1n) is 5.25. The summed E-state index contributed by atoms with van der Waals surface area (Å²) in [4.78, 5) is 12.9. The van der Waals surface area contributed by atoms with Crippen LogP contribution in [0, 0.1) is 0 Å². The van der Waals surface area contributed by atoms with Crippen LogP contribution >= 0.6 is 15.9 Å². The molecule has 1 N–H and O–H groups in total. The quantitative estimate of drug-likeness (QED) is 0.839. The second-order valence-electron chi connectivity index (χ2n) is 3.84. The summed E-state index contributed by atoms with van der Waals surface area (Å²) in [6.07, 6.45) is 0.545. The highest BCUT2D eigenvalue weighted by atomic mass is 79.9. The lowest BCUT2D eigenvalue weighted by Gasteiger charge is -2.10. The van der Waals surface area contributed by atoms with E-state index >= 15 is 0 Å². The highest BCUT2D eigenvalue weighted by Crippen LogP contribution is 2.10. The van der Waals surface area contributed by atoms with Crippen molar-refractivity contribution in [3.8, 4) is 0 Å². The van der Waals surface area contributed by atoms with E-state index in [-0.39, 0.29) is 5.91 Å². The number of hydrogen-bond donors (Lipinski definition) is 1. The van der Waals surface area contributed by atoms with Gasteiger partial charge in [-0.1, -0.05) is 28.1 Å². The molecular weight excluding hydrogens is 268 g/mol. The Morgan fingerprint density at radius 3 is 2.50 bits per heavy atom. The Labute approximate surface area is 105 Å². The third-order valence-corrected chi connectivity index (χ3v) is 2.79. The van der Waals surface area contributed by atoms with Crippen molar-refractivity contribution in [1.29, 1.82) is 0 Å². The smallest absolute Gasteiger partial charge is 0.223 e. The van der Waals surface area contributed by atoms with Gasteiger partial charge in [-0.2, -0.15) is 0 Å². The van der Waals surface area contributed by atoms with Gasteiger partial charge in [0.1, 0.15) is 0 Å². The molecular formula is C12H17BrN2O. The fraction of sp³-hybridized carbons (Fsp3) is 0.417. The van der Waals surface area contributed by atoms with E-state index in [0.717, 1.165) is 11.0 Å². The van der Waals surface area contributed by atoms with Crippen molar-refractivity contribution in [2.24, 2.45) is 0 Å². The van der Waals surface area contributed by atoms with E-state index < -0.39 is 0 Å². The van der Waals surface area contributed by atoms with Crippen LogP contribution in [0.1, 0.15) is 12.0 Å². The standard InChI is InChI=1S/C12H17BrN2O/c1-15(2)12(16)7-8-14-9-10-3-5-11(13)6-4-10/h3-6,14H,7-9H2,1-2H3. The molecule has 0 heterocycles. The average molecular weight is 285 g/mol. The van der Waals surface area contributed by atoms with Gasteiger partial charge in [-0.3, -0.25) is 4.79 Å². The monoisotopic (exact) mass is 284 g/mol. The molecule has 1 aromatic rings. The van der Waals surface area contributed by atoms with Gasteiger partial charge in [-0.25, -0.2) is 0 Å². The molecule has 4 heteroatoms. The third kappa shape index (κ3) is 4.77. The number of amides is 1. The Bertz CT molecular complexity index is 335. The van der Waals surface area contributed by atoms with Crippen LogP contribution in [0.25, 0.3) is 0 Å². The molecule has 0 spiro atoms. The first kappa shape index (κ1) is 13.2. The first-order chi connectivity index (χ1) is 7.59. The summed E-state index contributed by atoms with van der Waals surface area (Å²) in [5.41, 5.74) is 1.22. The van der Waals surface area contributed by atoms with E-state index in [0.29, 0.717) is 13.0 Å². The second-order valence-corrected chi connectivity index (χ2v) is 4.76. The first-order valence-corrected chi connectivity index (χ1v) is 6.04. The van der Waals surface area contributed by atoms with Crippen LogP contribution < -0.4 is 5.32 Å². The highest BCUT2D eigenvalue weighted by molar-refractivity contribution is 9.10. The van der Waals surface area contributed by atoms with Crippen LogP contribution in [0.15, 0.2) is 28.7 Å². The molecule has 0 aliphatic rings. The summed E-state index contributed by atoms with van der Waals surface area (Å²) in [7, 11) is 3.55. The van der Waals surface area contributed by atoms with Gasteiger partial charge in [0, 0.05) is 38.1 Å². The largest absolute Gasteiger partial charge is 0.349 e. The van der Waals surface area contributed by atoms with Crippen molar-refractivity contribution in [3.63, 3.8) is 0 Å². The number of nitrogens with zero attached hydrogens (tertiary/aromatic N) is 1. The number of nitrogens with one attached hydrogen (secondary N) is 1. The Balaban J connectivity index is 2.21. The highest BCUT2D eigenvalue weighted by Gasteiger charge is 2.02. The number of hydrogen-bond acceptors (Lipinski definition) is 2. The summed E-state index contributed by atoms with van der Waals surface area (Å²) in [5, 5.41) is 3.24. The van der Waals surface area contributed by atoms with Crippen molar-refractivity contribution in [1.82, 2.24) is 10.2 Å². The van der Waals surface area contributed by atoms with Crippen LogP contribution in [-0.4, -0.2) is 31.4 Å². The van der Waals surface area contributed by atoms with Crippen LogP contribution in [0.5, 0.6) is 0 Å². The number of carbonyl (C=O) groups excluding carboxylic acids is 1. The molecule has 0 aliphatic heterocycles. The topological polar surface area (TPSA) is 32.3 Å². The molecule has 0 radical (unpaired) electrons. The fourth-order valence-corrected chi connectivity index (χ4v) is 1.52. The normalized spacial score (nSPS) is 10.2. The summed E-state index contributed by atoms with van der Waals surface area (Å²) in [5.74, 6) is 0.156. The maximum absolute atomic E-state index is 11.3. The Hall–Kier alpha value is -0.870. The average Bonchev–Trinajstić information content (AvgIpc) is 2.26. The number of carbonyl (C=O) groups is 1. The molecule has 88 valence electrons. The van der Waals surface area contributed by atoms with Gasteiger partial charge in [0.2, 0.25) is 5.91 Å². The van der Waals surface area contributed by atoms with Gasteiger partial charge < -0.3 is 10.2 Å². The van der Waals surface area contributed by atoms with Crippen LogP contribution in [0.3, 0.4) is 0 Å². The van der Waals surface area contributed by atoms with Crippen LogP contribution in [-0.2, 0) is 11.3 Å². The van der Waals surface area contributed by atoms with Gasteiger partial charge in [0.25, 0.3) is 0 Å². The molecule has 1 amide bonds. The van der Waals surface area contributed by atoms with Crippen molar-refractivity contribution in [3.05, 3.63) is 34.3 Å². The van der Waals surface area contributed by atoms with Crippen molar-refractivity contribution in [2.45, 2.75) is 13.0 Å². The Kier molecular flexibility index (Phi) is 5.49. The molecule has 1 rings (SSSR count). The minimum Gasteiger partial charge on any atom is -0.349 e. The lowest BCUT2D eigenvalue weighted by molar-refractivity contribution is -0.128. The summed E-state index contributed by atoms with van der Waals surface area (Å²) in [6, 6.07) is 8.15. The summed E-state index contributed by atoms with van der Waals surface area (Å²) in [6.45, 7) is 1.51. The molecule has 16 heavy (non-hydrogen) atoms. The molecule has 3 nitrogen and oxygen atoms in total. The third-order valence-electron chi connectivity index (χ3n) is 2.26. The van der Waals surface area contributed by atoms with E-state index in [2.05, 4.69) is 33.4 Å². The lowest BCUT2D eigenvalue weighted by atomic mass is 10.2. The zero-order valence-electron chi connectivity index (χ0n) is 9.66. The number of halogens is 1. The maximum Gasteiger partial charge on any atom is 0.223 e. The van der Waals surface area contributed by atoms with Crippen LogP contribution in [0.2, 0.25) is 0 Å². The Morgan fingerprint density at radius 2 is 1.94 bits per heavy atom. The molecule has 0 bridgehead atoms. The maximum atomic E-state index is 11.3. The SMILES string of the molecule is CN(C)C(=O)CCNCc1ccc(Br)cc1. The van der Waals surface area contributed by atoms with Crippen LogP contribution in [0.4, 0.5) is 0 Å². The van der Waals surface area contributed by atoms with Gasteiger partial charge >= 0.3 is 0 Å². The zero-order chi connectivity index (χ0) is 12.0. The molecule has 0 aromatic heterocycles. The lowest BCUT2D eigenvalue weighted by Crippen LogP contribution is -2.26. The molecule has 0 saturated carbocycles. The molecule has 0 saturated heterocycles. The van der Waals surface area contributed by atoms with E-state index in [9.17, 15) is 4.79 Å². The predicted octanol–water partition coefficient (Wildman–Crippen LogP) is 2.02. The number of benzene rings is 1. The molecule has 0 atom stereocenters. The van der Waals surface area contributed by atoms with Gasteiger partial charge in [-0.15, -0.1) is 0 Å². The van der Waals surface area contributed by atoms with Crippen molar-refractivity contribution < 1.29 is 4.79 Å². The summed E-state index contributed by atoms with van der Waals surface area (Å²) < 4.78 is 1.08. The summed E-state index contributed by atoms with van der Waals surface area (Å²) >= 11 is 3.39.